The Labute approximate surface area is 108 Å². The molecule has 0 aromatic heterocycles. The van der Waals surface area contributed by atoms with Crippen molar-refractivity contribution in [3.63, 3.8) is 0 Å². The van der Waals surface area contributed by atoms with Crippen molar-refractivity contribution >= 4 is 11.6 Å². The molecule has 18 heavy (non-hydrogen) atoms. The molecule has 1 unspecified atom stereocenters. The van der Waals surface area contributed by atoms with E-state index in [4.69, 9.17) is 5.73 Å². The number of anilines is 1. The van der Waals surface area contributed by atoms with Crippen LogP contribution in [0.2, 0.25) is 0 Å². The van der Waals surface area contributed by atoms with E-state index >= 15 is 0 Å². The Morgan fingerprint density at radius 2 is 2.06 bits per heavy atom. The number of nitrogens with one attached hydrogen (secondary N) is 1. The third kappa shape index (κ3) is 4.75. The van der Waals surface area contributed by atoms with Gasteiger partial charge in [0.1, 0.15) is 0 Å². The van der Waals surface area contributed by atoms with Gasteiger partial charge < -0.3 is 16.2 Å². The molecule has 0 aliphatic heterocycles. The zero-order valence-corrected chi connectivity index (χ0v) is 11.2. The van der Waals surface area contributed by atoms with E-state index in [1.54, 1.807) is 12.1 Å². The Morgan fingerprint density at radius 1 is 1.39 bits per heavy atom. The summed E-state index contributed by atoms with van der Waals surface area (Å²) in [6.07, 6.45) is 0.173. The summed E-state index contributed by atoms with van der Waals surface area (Å²) in [7, 11) is 0. The summed E-state index contributed by atoms with van der Waals surface area (Å²) in [5, 5.41) is 12.4. The lowest BCUT2D eigenvalue weighted by atomic mass is 10.1. The largest absolute Gasteiger partial charge is 0.399 e. The van der Waals surface area contributed by atoms with E-state index < -0.39 is 6.10 Å². The van der Waals surface area contributed by atoms with Crippen LogP contribution in [0.5, 0.6) is 0 Å². The summed E-state index contributed by atoms with van der Waals surface area (Å²) in [5.74, 6) is 0.208. The van der Waals surface area contributed by atoms with Crippen molar-refractivity contribution in [2.45, 2.75) is 33.3 Å². The Bertz CT molecular complexity index is 396. The lowest BCUT2D eigenvalue weighted by Crippen LogP contribution is -2.32. The van der Waals surface area contributed by atoms with Crippen LogP contribution in [-0.4, -0.2) is 23.7 Å². The van der Waals surface area contributed by atoms with Gasteiger partial charge in [-0.2, -0.15) is 0 Å². The molecule has 0 aliphatic carbocycles. The van der Waals surface area contributed by atoms with Crippen LogP contribution >= 0.6 is 0 Å². The predicted octanol–water partition coefficient (Wildman–Crippen LogP) is 1.71. The third-order valence-electron chi connectivity index (χ3n) is 2.60. The number of hydrogen-bond acceptors (Lipinski definition) is 3. The van der Waals surface area contributed by atoms with Gasteiger partial charge in [-0.25, -0.2) is 0 Å². The summed E-state index contributed by atoms with van der Waals surface area (Å²) < 4.78 is 0. The van der Waals surface area contributed by atoms with E-state index in [1.807, 2.05) is 26.8 Å². The van der Waals surface area contributed by atoms with Gasteiger partial charge in [-0.05, 0) is 43.0 Å². The van der Waals surface area contributed by atoms with Crippen LogP contribution in [0.25, 0.3) is 0 Å². The highest BCUT2D eigenvalue weighted by molar-refractivity contribution is 5.95. The molecule has 4 heteroatoms. The molecule has 0 aliphatic rings. The number of nitrogens with two attached hydrogens (primary N) is 1. The van der Waals surface area contributed by atoms with Crippen molar-refractivity contribution in [2.75, 3.05) is 12.3 Å². The standard InChI is InChI=1S/C14H22N2O2/c1-9(2)4-13(17)8-16-14(18)11-5-10(3)6-12(15)7-11/h5-7,9,13,17H,4,8,15H2,1-3H3,(H,16,18). The van der Waals surface area contributed by atoms with Crippen LogP contribution in [0.3, 0.4) is 0 Å². The Hall–Kier alpha value is -1.55. The fourth-order valence-corrected chi connectivity index (χ4v) is 1.88. The second kappa shape index (κ2) is 6.40. The van der Waals surface area contributed by atoms with Gasteiger partial charge in [-0.1, -0.05) is 13.8 Å². The fraction of sp³-hybridized carbons (Fsp3) is 0.500. The normalized spacial score (nSPS) is 12.5. The molecule has 0 bridgehead atoms. The molecule has 4 N–H and O–H groups in total. The summed E-state index contributed by atoms with van der Waals surface area (Å²) in [4.78, 5) is 11.9. The first kappa shape index (κ1) is 14.5. The second-order valence-electron chi connectivity index (χ2n) is 5.13. The topological polar surface area (TPSA) is 75.4 Å². The van der Waals surface area contributed by atoms with E-state index in [0.29, 0.717) is 23.6 Å². The minimum Gasteiger partial charge on any atom is -0.399 e. The number of aliphatic hydroxyl groups excluding tert-OH is 1. The minimum absolute atomic E-state index is 0.201. The molecule has 1 aromatic carbocycles. The Kier molecular flexibility index (Phi) is 5.16. The number of aliphatic hydroxyl groups is 1. The summed E-state index contributed by atoms with van der Waals surface area (Å²) >= 11 is 0. The lowest BCUT2D eigenvalue weighted by molar-refractivity contribution is 0.0900. The van der Waals surface area contributed by atoms with Crippen molar-refractivity contribution in [1.82, 2.24) is 5.32 Å². The number of benzene rings is 1. The maximum Gasteiger partial charge on any atom is 0.251 e. The Balaban J connectivity index is 2.55. The molecule has 4 nitrogen and oxygen atoms in total. The predicted molar refractivity (Wildman–Crippen MR) is 73.4 cm³/mol. The van der Waals surface area contributed by atoms with Crippen molar-refractivity contribution in [1.29, 1.82) is 0 Å². The Morgan fingerprint density at radius 3 is 2.61 bits per heavy atom. The van der Waals surface area contributed by atoms with E-state index in [9.17, 15) is 9.90 Å². The van der Waals surface area contributed by atoms with Crippen molar-refractivity contribution in [2.24, 2.45) is 5.92 Å². The maximum absolute atomic E-state index is 11.9. The minimum atomic E-state index is -0.504. The van der Waals surface area contributed by atoms with Crippen LogP contribution in [0.4, 0.5) is 5.69 Å². The van der Waals surface area contributed by atoms with Crippen LogP contribution in [0.15, 0.2) is 18.2 Å². The van der Waals surface area contributed by atoms with E-state index in [0.717, 1.165) is 5.56 Å². The number of aryl methyl sites for hydroxylation is 1. The SMILES string of the molecule is Cc1cc(N)cc(C(=O)NCC(O)CC(C)C)c1. The number of nitrogen functional groups attached to an aromatic ring is 1. The van der Waals surface area contributed by atoms with Crippen molar-refractivity contribution in [3.8, 4) is 0 Å². The van der Waals surface area contributed by atoms with Gasteiger partial charge in [0.25, 0.3) is 5.91 Å². The molecule has 0 spiro atoms. The third-order valence-corrected chi connectivity index (χ3v) is 2.60. The van der Waals surface area contributed by atoms with E-state index in [-0.39, 0.29) is 12.5 Å². The molecule has 1 atom stereocenters. The maximum atomic E-state index is 11.9. The van der Waals surface area contributed by atoms with Gasteiger partial charge in [-0.15, -0.1) is 0 Å². The molecule has 1 amide bonds. The molecule has 0 saturated heterocycles. The molecule has 0 fully saturated rings. The zero-order chi connectivity index (χ0) is 13.7. The lowest BCUT2D eigenvalue weighted by Gasteiger charge is -2.14. The molecule has 1 rings (SSSR count). The van der Waals surface area contributed by atoms with Gasteiger partial charge in [0.15, 0.2) is 0 Å². The summed E-state index contributed by atoms with van der Waals surface area (Å²) in [6, 6.07) is 5.22. The molecular weight excluding hydrogens is 228 g/mol. The van der Waals surface area contributed by atoms with Gasteiger partial charge in [-0.3, -0.25) is 4.79 Å². The highest BCUT2D eigenvalue weighted by Gasteiger charge is 2.11. The van der Waals surface area contributed by atoms with Crippen molar-refractivity contribution < 1.29 is 9.90 Å². The molecular formula is C14H22N2O2. The highest BCUT2D eigenvalue weighted by atomic mass is 16.3. The summed E-state index contributed by atoms with van der Waals surface area (Å²) in [6.45, 7) is 6.23. The van der Waals surface area contributed by atoms with Crippen LogP contribution in [0.1, 0.15) is 36.2 Å². The average Bonchev–Trinajstić information content (AvgIpc) is 2.23. The monoisotopic (exact) mass is 250 g/mol. The number of rotatable bonds is 5. The highest BCUT2D eigenvalue weighted by Crippen LogP contribution is 2.11. The average molecular weight is 250 g/mol. The molecule has 100 valence electrons. The smallest absolute Gasteiger partial charge is 0.251 e. The quantitative estimate of drug-likeness (QED) is 0.696. The number of hydrogen-bond donors (Lipinski definition) is 3. The summed E-state index contributed by atoms with van der Waals surface area (Å²) in [5.41, 5.74) is 7.74. The first-order chi connectivity index (χ1) is 8.38. The molecule has 0 heterocycles. The van der Waals surface area contributed by atoms with Crippen LogP contribution in [0, 0.1) is 12.8 Å². The molecule has 1 aromatic rings. The van der Waals surface area contributed by atoms with Gasteiger partial charge in [0.05, 0.1) is 6.10 Å². The first-order valence-electron chi connectivity index (χ1n) is 6.22. The second-order valence-corrected chi connectivity index (χ2v) is 5.13. The number of carbonyl (C=O) groups excluding carboxylic acids is 1. The molecule has 0 radical (unpaired) electrons. The van der Waals surface area contributed by atoms with Crippen LogP contribution < -0.4 is 11.1 Å². The van der Waals surface area contributed by atoms with Gasteiger partial charge in [0, 0.05) is 17.8 Å². The van der Waals surface area contributed by atoms with E-state index in [2.05, 4.69) is 5.32 Å². The van der Waals surface area contributed by atoms with Gasteiger partial charge >= 0.3 is 0 Å². The van der Waals surface area contributed by atoms with Crippen LogP contribution in [-0.2, 0) is 0 Å². The fourth-order valence-electron chi connectivity index (χ4n) is 1.88. The van der Waals surface area contributed by atoms with Crippen molar-refractivity contribution in [3.05, 3.63) is 29.3 Å². The van der Waals surface area contributed by atoms with Gasteiger partial charge in [0.2, 0.25) is 0 Å². The number of carbonyl (C=O) groups is 1. The zero-order valence-electron chi connectivity index (χ0n) is 11.2. The molecule has 0 saturated carbocycles. The first-order valence-corrected chi connectivity index (χ1v) is 6.22. The number of amides is 1. The van der Waals surface area contributed by atoms with E-state index in [1.165, 1.54) is 0 Å².